The van der Waals surface area contributed by atoms with Crippen LogP contribution < -0.4 is 10.2 Å². The average molecular weight is 408 g/mol. The molecule has 0 bridgehead atoms. The quantitative estimate of drug-likeness (QED) is 0.712. The molecule has 2 heterocycles. The Morgan fingerprint density at radius 3 is 2.57 bits per heavy atom. The summed E-state index contributed by atoms with van der Waals surface area (Å²) in [4.78, 5) is 14.8. The summed E-state index contributed by atoms with van der Waals surface area (Å²) in [5.74, 6) is 0.433. The van der Waals surface area contributed by atoms with E-state index in [0.717, 1.165) is 36.3 Å². The second-order valence-electron chi connectivity index (χ2n) is 6.67. The molecule has 1 aliphatic heterocycles. The van der Waals surface area contributed by atoms with Gasteiger partial charge < -0.3 is 15.0 Å². The van der Waals surface area contributed by atoms with E-state index in [0.29, 0.717) is 13.2 Å². The molecule has 1 aromatic heterocycles. The number of carbonyl (C=O) groups is 1. The standard InChI is InChI=1S/C19H26FN5O2S/c1-4-25-18(24-9-11-27-12-10-24)22-23-19(25)28-14(3)17(26)21-13(2)15-5-7-16(20)8-6-15/h5-8,13-14H,4,9-12H2,1-3H3,(H,21,26)/t13-,14+/m0/s1. The van der Waals surface area contributed by atoms with Crippen molar-refractivity contribution in [2.24, 2.45) is 0 Å². The van der Waals surface area contributed by atoms with Crippen LogP contribution in [0.25, 0.3) is 0 Å². The number of nitrogens with zero attached hydrogens (tertiary/aromatic N) is 4. The van der Waals surface area contributed by atoms with Gasteiger partial charge in [0.1, 0.15) is 5.82 Å². The molecule has 0 radical (unpaired) electrons. The van der Waals surface area contributed by atoms with Gasteiger partial charge in [0.2, 0.25) is 11.9 Å². The van der Waals surface area contributed by atoms with Gasteiger partial charge in [-0.2, -0.15) is 0 Å². The molecular formula is C19H26FN5O2S. The molecule has 7 nitrogen and oxygen atoms in total. The number of benzene rings is 1. The molecule has 152 valence electrons. The summed E-state index contributed by atoms with van der Waals surface area (Å²) in [7, 11) is 0. The first-order valence-electron chi connectivity index (χ1n) is 9.48. The van der Waals surface area contributed by atoms with Crippen LogP contribution in [0.15, 0.2) is 29.4 Å². The van der Waals surface area contributed by atoms with E-state index in [1.54, 1.807) is 12.1 Å². The predicted molar refractivity (Wildman–Crippen MR) is 107 cm³/mol. The van der Waals surface area contributed by atoms with Gasteiger partial charge in [-0.3, -0.25) is 9.36 Å². The minimum absolute atomic E-state index is 0.0969. The number of ether oxygens (including phenoxy) is 1. The molecule has 1 saturated heterocycles. The molecule has 1 amide bonds. The fourth-order valence-electron chi connectivity index (χ4n) is 3.02. The van der Waals surface area contributed by atoms with Gasteiger partial charge >= 0.3 is 0 Å². The van der Waals surface area contributed by atoms with Crippen molar-refractivity contribution in [3.8, 4) is 0 Å². The van der Waals surface area contributed by atoms with E-state index in [1.165, 1.54) is 23.9 Å². The lowest BCUT2D eigenvalue weighted by Gasteiger charge is -2.27. The summed E-state index contributed by atoms with van der Waals surface area (Å²) in [6.07, 6.45) is 0. The van der Waals surface area contributed by atoms with Gasteiger partial charge in [0, 0.05) is 19.6 Å². The summed E-state index contributed by atoms with van der Waals surface area (Å²) in [5, 5.41) is 12.0. The molecule has 1 fully saturated rings. The summed E-state index contributed by atoms with van der Waals surface area (Å²) in [6.45, 7) is 9.43. The molecule has 28 heavy (non-hydrogen) atoms. The van der Waals surface area contributed by atoms with Crippen molar-refractivity contribution in [2.75, 3.05) is 31.2 Å². The smallest absolute Gasteiger partial charge is 0.233 e. The first kappa shape index (κ1) is 20.6. The van der Waals surface area contributed by atoms with Gasteiger partial charge in [0.15, 0.2) is 5.16 Å². The zero-order chi connectivity index (χ0) is 20.1. The molecule has 2 aromatic rings. The number of thioether (sulfide) groups is 1. The number of amides is 1. The molecule has 0 saturated carbocycles. The highest BCUT2D eigenvalue weighted by Crippen LogP contribution is 2.26. The molecule has 1 aliphatic rings. The van der Waals surface area contributed by atoms with E-state index < -0.39 is 0 Å². The van der Waals surface area contributed by atoms with E-state index in [-0.39, 0.29) is 23.0 Å². The lowest BCUT2D eigenvalue weighted by atomic mass is 10.1. The molecule has 0 aliphatic carbocycles. The zero-order valence-corrected chi connectivity index (χ0v) is 17.2. The fourth-order valence-corrected chi connectivity index (χ4v) is 3.94. The Bertz CT molecular complexity index is 792. The lowest BCUT2D eigenvalue weighted by molar-refractivity contribution is -0.120. The Balaban J connectivity index is 1.63. The highest BCUT2D eigenvalue weighted by molar-refractivity contribution is 8.00. The first-order chi connectivity index (χ1) is 13.5. The van der Waals surface area contributed by atoms with Crippen LogP contribution in [0.4, 0.5) is 10.3 Å². The third-order valence-corrected chi connectivity index (χ3v) is 5.77. The van der Waals surface area contributed by atoms with Crippen molar-refractivity contribution in [2.45, 2.75) is 43.8 Å². The van der Waals surface area contributed by atoms with Crippen LogP contribution in [-0.2, 0) is 16.1 Å². The van der Waals surface area contributed by atoms with Crippen molar-refractivity contribution < 1.29 is 13.9 Å². The normalized spacial score (nSPS) is 16.6. The number of carbonyl (C=O) groups excluding carboxylic acids is 1. The Hall–Kier alpha value is -2.13. The molecule has 1 aromatic carbocycles. The maximum atomic E-state index is 13.1. The number of hydrogen-bond donors (Lipinski definition) is 1. The van der Waals surface area contributed by atoms with Crippen molar-refractivity contribution >= 4 is 23.6 Å². The number of nitrogens with one attached hydrogen (secondary N) is 1. The van der Waals surface area contributed by atoms with Crippen molar-refractivity contribution in [1.82, 2.24) is 20.1 Å². The Morgan fingerprint density at radius 1 is 1.25 bits per heavy atom. The Labute approximate surface area is 168 Å². The van der Waals surface area contributed by atoms with Crippen LogP contribution in [0.2, 0.25) is 0 Å². The molecule has 9 heteroatoms. The second kappa shape index (κ2) is 9.38. The number of morpholine rings is 1. The molecule has 3 rings (SSSR count). The van der Waals surface area contributed by atoms with Gasteiger partial charge in [0.05, 0.1) is 24.5 Å². The predicted octanol–water partition coefficient (Wildman–Crippen LogP) is 2.63. The zero-order valence-electron chi connectivity index (χ0n) is 16.4. The van der Waals surface area contributed by atoms with Gasteiger partial charge in [-0.05, 0) is 38.5 Å². The topological polar surface area (TPSA) is 72.3 Å². The monoisotopic (exact) mass is 407 g/mol. The van der Waals surface area contributed by atoms with E-state index in [1.807, 2.05) is 25.3 Å². The van der Waals surface area contributed by atoms with Gasteiger partial charge in [-0.25, -0.2) is 4.39 Å². The Kier molecular flexibility index (Phi) is 6.90. The molecule has 1 N–H and O–H groups in total. The highest BCUT2D eigenvalue weighted by Gasteiger charge is 2.24. The van der Waals surface area contributed by atoms with Gasteiger partial charge in [-0.1, -0.05) is 23.9 Å². The number of hydrogen-bond acceptors (Lipinski definition) is 6. The third-order valence-electron chi connectivity index (χ3n) is 4.69. The Morgan fingerprint density at radius 2 is 1.93 bits per heavy atom. The highest BCUT2D eigenvalue weighted by atomic mass is 32.2. The lowest BCUT2D eigenvalue weighted by Crippen LogP contribution is -2.38. The van der Waals surface area contributed by atoms with Crippen LogP contribution >= 0.6 is 11.8 Å². The molecule has 0 spiro atoms. The van der Waals surface area contributed by atoms with Crippen LogP contribution in [-0.4, -0.2) is 52.2 Å². The van der Waals surface area contributed by atoms with E-state index in [9.17, 15) is 9.18 Å². The molecular weight excluding hydrogens is 381 g/mol. The fraction of sp³-hybridized carbons (Fsp3) is 0.526. The van der Waals surface area contributed by atoms with E-state index >= 15 is 0 Å². The average Bonchev–Trinajstić information content (AvgIpc) is 3.11. The minimum Gasteiger partial charge on any atom is -0.378 e. The van der Waals surface area contributed by atoms with Crippen molar-refractivity contribution in [3.63, 3.8) is 0 Å². The SMILES string of the molecule is CCn1c(S[C@H](C)C(=O)N[C@@H](C)c2ccc(F)cc2)nnc1N1CCOCC1. The van der Waals surface area contributed by atoms with Crippen LogP contribution in [0, 0.1) is 5.82 Å². The summed E-state index contributed by atoms with van der Waals surface area (Å²) in [5.41, 5.74) is 0.860. The van der Waals surface area contributed by atoms with Crippen molar-refractivity contribution in [3.05, 3.63) is 35.6 Å². The summed E-state index contributed by atoms with van der Waals surface area (Å²) < 4.78 is 20.5. The molecule has 0 unspecified atom stereocenters. The third kappa shape index (κ3) is 4.82. The summed E-state index contributed by atoms with van der Waals surface area (Å²) >= 11 is 1.39. The maximum absolute atomic E-state index is 13.1. The number of anilines is 1. The maximum Gasteiger partial charge on any atom is 0.233 e. The molecule has 2 atom stereocenters. The van der Waals surface area contributed by atoms with E-state index in [2.05, 4.69) is 20.4 Å². The largest absolute Gasteiger partial charge is 0.378 e. The van der Waals surface area contributed by atoms with Gasteiger partial charge in [-0.15, -0.1) is 10.2 Å². The number of aromatic nitrogens is 3. The van der Waals surface area contributed by atoms with Crippen molar-refractivity contribution in [1.29, 1.82) is 0 Å². The number of rotatable bonds is 7. The number of halogens is 1. The summed E-state index contributed by atoms with van der Waals surface area (Å²) in [6, 6.07) is 5.95. The van der Waals surface area contributed by atoms with Gasteiger partial charge in [0.25, 0.3) is 0 Å². The first-order valence-corrected chi connectivity index (χ1v) is 10.4. The van der Waals surface area contributed by atoms with Crippen LogP contribution in [0.5, 0.6) is 0 Å². The minimum atomic E-state index is -0.338. The second-order valence-corrected chi connectivity index (χ2v) is 7.98. The van der Waals surface area contributed by atoms with E-state index in [4.69, 9.17) is 4.74 Å². The van der Waals surface area contributed by atoms with Crippen LogP contribution in [0.3, 0.4) is 0 Å². The van der Waals surface area contributed by atoms with Crippen LogP contribution in [0.1, 0.15) is 32.4 Å².